The highest BCUT2D eigenvalue weighted by Crippen LogP contribution is 2.31. The van der Waals surface area contributed by atoms with Gasteiger partial charge in [0.25, 0.3) is 0 Å². The van der Waals surface area contributed by atoms with E-state index in [1.807, 2.05) is 36.4 Å². The number of guanidine groups is 1. The number of nitrogens with zero attached hydrogens (tertiary/aromatic N) is 1. The highest BCUT2D eigenvalue weighted by Gasteiger charge is 2.41. The van der Waals surface area contributed by atoms with Gasteiger partial charge in [-0.3, -0.25) is 10.2 Å². The third-order valence-corrected chi connectivity index (χ3v) is 8.94. The molecule has 1 aliphatic rings. The summed E-state index contributed by atoms with van der Waals surface area (Å²) in [6, 6.07) is 19.6. The Labute approximate surface area is 225 Å². The molecule has 4 rings (SSSR count). The molecule has 1 heterocycles. The number of fused-ring (bicyclic) bond motifs is 1. The smallest absolute Gasteiger partial charge is 0.245 e. The molecule has 0 saturated carbocycles. The lowest BCUT2D eigenvalue weighted by atomic mass is 9.87. The molecular weight excluding hydrogens is 589 g/mol. The number of benzene rings is 3. The SMILES string of the molecule is C[C@](NS(=O)(=O)c1ccc(I)cc1)(C(=O)NC[C@@H]1CCCN(C(=N)N)C1)c1cccc2ccccc12. The highest BCUT2D eigenvalue weighted by molar-refractivity contribution is 14.1. The largest absolute Gasteiger partial charge is 0.370 e. The predicted molar refractivity (Wildman–Crippen MR) is 150 cm³/mol. The summed E-state index contributed by atoms with van der Waals surface area (Å²) >= 11 is 2.12. The minimum atomic E-state index is -4.03. The molecule has 8 nitrogen and oxygen atoms in total. The van der Waals surface area contributed by atoms with Crippen molar-refractivity contribution in [3.05, 3.63) is 75.9 Å². The number of amides is 1. The molecule has 0 radical (unpaired) electrons. The first-order chi connectivity index (χ1) is 17.1. The molecule has 1 aliphatic heterocycles. The fourth-order valence-corrected chi connectivity index (χ4v) is 6.40. The summed E-state index contributed by atoms with van der Waals surface area (Å²) in [5, 5.41) is 12.4. The Hall–Kier alpha value is -2.70. The fourth-order valence-electron chi connectivity index (χ4n) is 4.69. The zero-order chi connectivity index (χ0) is 25.9. The standard InChI is InChI=1S/C26H30IN5O3S/c1-26(23-10-4-8-19-7-2-3-9-22(19)23,31-36(34,35)21-13-11-20(27)12-14-21)24(33)30-16-18-6-5-15-32(17-18)25(28)29/h2-4,7-14,18,31H,5-6,15-17H2,1H3,(H3,28,29)(H,30,33)/t18-,26+/m0/s1. The van der Waals surface area contributed by atoms with Crippen molar-refractivity contribution in [1.29, 1.82) is 5.41 Å². The van der Waals surface area contributed by atoms with Gasteiger partial charge in [-0.15, -0.1) is 0 Å². The second kappa shape index (κ2) is 10.7. The lowest BCUT2D eigenvalue weighted by Gasteiger charge is -2.35. The first-order valence-corrected chi connectivity index (χ1v) is 14.3. The molecule has 2 atom stereocenters. The molecule has 0 aromatic heterocycles. The van der Waals surface area contributed by atoms with E-state index in [-0.39, 0.29) is 16.8 Å². The summed E-state index contributed by atoms with van der Waals surface area (Å²) in [6.07, 6.45) is 1.77. The summed E-state index contributed by atoms with van der Waals surface area (Å²) < 4.78 is 30.6. The summed E-state index contributed by atoms with van der Waals surface area (Å²) in [5.74, 6) is -0.305. The molecule has 0 aliphatic carbocycles. The van der Waals surface area contributed by atoms with Gasteiger partial charge in [0.05, 0.1) is 4.90 Å². The van der Waals surface area contributed by atoms with E-state index in [0.29, 0.717) is 18.7 Å². The van der Waals surface area contributed by atoms with Crippen molar-refractivity contribution >= 4 is 55.3 Å². The molecule has 10 heteroatoms. The molecule has 0 unspecified atom stereocenters. The van der Waals surface area contributed by atoms with E-state index in [1.54, 1.807) is 30.0 Å². The monoisotopic (exact) mass is 619 g/mol. The van der Waals surface area contributed by atoms with E-state index in [0.717, 1.165) is 33.7 Å². The second-order valence-electron chi connectivity index (χ2n) is 9.26. The number of halogens is 1. The molecule has 36 heavy (non-hydrogen) atoms. The van der Waals surface area contributed by atoms with Crippen molar-refractivity contribution < 1.29 is 13.2 Å². The molecule has 190 valence electrons. The Morgan fingerprint density at radius 1 is 1.14 bits per heavy atom. The normalized spacial score (nSPS) is 17.9. The van der Waals surface area contributed by atoms with Crippen molar-refractivity contribution in [3.8, 4) is 0 Å². The number of nitrogens with one attached hydrogen (secondary N) is 3. The lowest BCUT2D eigenvalue weighted by Crippen LogP contribution is -2.55. The van der Waals surface area contributed by atoms with Crippen LogP contribution in [0.1, 0.15) is 25.3 Å². The quantitative estimate of drug-likeness (QED) is 0.183. The van der Waals surface area contributed by atoms with Gasteiger partial charge in [0.1, 0.15) is 5.54 Å². The Morgan fingerprint density at radius 3 is 2.56 bits per heavy atom. The maximum Gasteiger partial charge on any atom is 0.245 e. The van der Waals surface area contributed by atoms with Gasteiger partial charge in [-0.2, -0.15) is 4.72 Å². The van der Waals surface area contributed by atoms with Crippen LogP contribution in [0, 0.1) is 14.9 Å². The Morgan fingerprint density at radius 2 is 1.83 bits per heavy atom. The number of sulfonamides is 1. The van der Waals surface area contributed by atoms with Crippen LogP contribution in [0.3, 0.4) is 0 Å². The zero-order valence-electron chi connectivity index (χ0n) is 20.0. The average Bonchev–Trinajstić information content (AvgIpc) is 2.87. The molecule has 5 N–H and O–H groups in total. The number of rotatable bonds is 7. The maximum absolute atomic E-state index is 13.8. The molecule has 0 spiro atoms. The number of hydrogen-bond acceptors (Lipinski definition) is 4. The molecule has 1 saturated heterocycles. The number of carbonyl (C=O) groups excluding carboxylic acids is 1. The van der Waals surface area contributed by atoms with Crippen molar-refractivity contribution in [3.63, 3.8) is 0 Å². The molecular formula is C26H30IN5O3S. The van der Waals surface area contributed by atoms with Gasteiger partial charge in [-0.25, -0.2) is 8.42 Å². The van der Waals surface area contributed by atoms with Gasteiger partial charge in [0.2, 0.25) is 15.9 Å². The molecule has 1 fully saturated rings. The summed E-state index contributed by atoms with van der Waals surface area (Å²) in [6.45, 7) is 3.27. The van der Waals surface area contributed by atoms with Crippen LogP contribution in [-0.2, 0) is 20.4 Å². The molecule has 0 bridgehead atoms. The van der Waals surface area contributed by atoms with E-state index in [1.165, 1.54) is 12.1 Å². The summed E-state index contributed by atoms with van der Waals surface area (Å²) in [5.41, 5.74) is 4.66. The van der Waals surface area contributed by atoms with E-state index < -0.39 is 21.5 Å². The minimum Gasteiger partial charge on any atom is -0.370 e. The van der Waals surface area contributed by atoms with E-state index >= 15 is 0 Å². The van der Waals surface area contributed by atoms with Crippen LogP contribution >= 0.6 is 22.6 Å². The van der Waals surface area contributed by atoms with Gasteiger partial charge in [-0.1, -0.05) is 42.5 Å². The van der Waals surface area contributed by atoms with Crippen LogP contribution in [0.25, 0.3) is 10.8 Å². The number of nitrogens with two attached hydrogens (primary N) is 1. The van der Waals surface area contributed by atoms with Gasteiger partial charge in [0, 0.05) is 23.2 Å². The fraction of sp³-hybridized carbons (Fsp3) is 0.308. The lowest BCUT2D eigenvalue weighted by molar-refractivity contribution is -0.126. The number of hydrogen-bond donors (Lipinski definition) is 4. The average molecular weight is 620 g/mol. The van der Waals surface area contributed by atoms with Crippen molar-refractivity contribution in [1.82, 2.24) is 14.9 Å². The molecule has 1 amide bonds. The van der Waals surface area contributed by atoms with Crippen LogP contribution in [0.15, 0.2) is 71.6 Å². The topological polar surface area (TPSA) is 128 Å². The Kier molecular flexibility index (Phi) is 7.86. The van der Waals surface area contributed by atoms with E-state index in [2.05, 4.69) is 32.6 Å². The number of piperidine rings is 1. The van der Waals surface area contributed by atoms with Gasteiger partial charge in [0.15, 0.2) is 5.96 Å². The highest BCUT2D eigenvalue weighted by atomic mass is 127. The van der Waals surface area contributed by atoms with Crippen LogP contribution in [0.5, 0.6) is 0 Å². The van der Waals surface area contributed by atoms with E-state index in [9.17, 15) is 13.2 Å². The van der Waals surface area contributed by atoms with Crippen LogP contribution in [-0.4, -0.2) is 44.8 Å². The molecule has 3 aromatic rings. The van der Waals surface area contributed by atoms with Gasteiger partial charge in [-0.05, 0) is 88.9 Å². The molecule has 3 aromatic carbocycles. The van der Waals surface area contributed by atoms with Crippen LogP contribution in [0.2, 0.25) is 0 Å². The first-order valence-electron chi connectivity index (χ1n) is 11.8. The van der Waals surface area contributed by atoms with Crippen LogP contribution in [0.4, 0.5) is 0 Å². The third kappa shape index (κ3) is 5.65. The number of likely N-dealkylation sites (tertiary alicyclic amines) is 1. The zero-order valence-corrected chi connectivity index (χ0v) is 23.0. The Balaban J connectivity index is 1.68. The Bertz CT molecular complexity index is 1370. The van der Waals surface area contributed by atoms with Crippen molar-refractivity contribution in [2.24, 2.45) is 11.7 Å². The summed E-state index contributed by atoms with van der Waals surface area (Å²) in [7, 11) is -4.03. The second-order valence-corrected chi connectivity index (χ2v) is 12.2. The van der Waals surface area contributed by atoms with E-state index in [4.69, 9.17) is 11.1 Å². The summed E-state index contributed by atoms with van der Waals surface area (Å²) in [4.78, 5) is 15.7. The van der Waals surface area contributed by atoms with Crippen molar-refractivity contribution in [2.75, 3.05) is 19.6 Å². The first kappa shape index (κ1) is 26.4. The minimum absolute atomic E-state index is 0.0249. The number of carbonyl (C=O) groups is 1. The predicted octanol–water partition coefficient (Wildman–Crippen LogP) is 3.36. The maximum atomic E-state index is 13.8. The van der Waals surface area contributed by atoms with Crippen molar-refractivity contribution in [2.45, 2.75) is 30.2 Å². The van der Waals surface area contributed by atoms with Gasteiger partial charge < -0.3 is 16.0 Å². The van der Waals surface area contributed by atoms with Crippen LogP contribution < -0.4 is 15.8 Å². The van der Waals surface area contributed by atoms with Gasteiger partial charge >= 0.3 is 0 Å². The third-order valence-electron chi connectivity index (χ3n) is 6.66.